The summed E-state index contributed by atoms with van der Waals surface area (Å²) in [6.45, 7) is 4.12. The van der Waals surface area contributed by atoms with Crippen LogP contribution in [0, 0.1) is 5.92 Å². The first-order valence-electron chi connectivity index (χ1n) is 10.5. The van der Waals surface area contributed by atoms with Crippen LogP contribution < -0.4 is 14.8 Å². The standard InChI is InChI=1S/C26H27NO5/c1-15-23(26(29)32-4)24(19-7-5-6-8-22(19)31-3)25-20(27-15)13-17(14-21(25)28)16-9-11-18(30-2)12-10-16/h5-12,17,23-24,27H,1,13-14H2,2-4H3. The number of esters is 1. The Bertz CT molecular complexity index is 1090. The van der Waals surface area contributed by atoms with Gasteiger partial charge in [0.25, 0.3) is 0 Å². The van der Waals surface area contributed by atoms with E-state index >= 15 is 0 Å². The van der Waals surface area contributed by atoms with Crippen molar-refractivity contribution in [3.63, 3.8) is 0 Å². The Labute approximate surface area is 187 Å². The van der Waals surface area contributed by atoms with E-state index in [0.29, 0.717) is 29.9 Å². The van der Waals surface area contributed by atoms with Crippen LogP contribution in [0.3, 0.4) is 0 Å². The third kappa shape index (κ3) is 3.77. The molecule has 2 aliphatic rings. The first-order valence-corrected chi connectivity index (χ1v) is 10.5. The maximum Gasteiger partial charge on any atom is 0.315 e. The van der Waals surface area contributed by atoms with Crippen molar-refractivity contribution in [2.75, 3.05) is 21.3 Å². The van der Waals surface area contributed by atoms with Crippen LogP contribution in [0.15, 0.2) is 72.1 Å². The van der Waals surface area contributed by atoms with E-state index in [1.54, 1.807) is 14.2 Å². The predicted molar refractivity (Wildman–Crippen MR) is 121 cm³/mol. The van der Waals surface area contributed by atoms with Gasteiger partial charge < -0.3 is 19.5 Å². The molecule has 1 N–H and O–H groups in total. The van der Waals surface area contributed by atoms with E-state index in [4.69, 9.17) is 14.2 Å². The molecule has 0 amide bonds. The van der Waals surface area contributed by atoms with Crippen molar-refractivity contribution in [1.29, 1.82) is 0 Å². The summed E-state index contributed by atoms with van der Waals surface area (Å²) in [4.78, 5) is 26.3. The molecule has 32 heavy (non-hydrogen) atoms. The average Bonchev–Trinajstić information content (AvgIpc) is 2.82. The van der Waals surface area contributed by atoms with Crippen molar-refractivity contribution in [3.8, 4) is 11.5 Å². The van der Waals surface area contributed by atoms with E-state index in [1.807, 2.05) is 48.5 Å². The summed E-state index contributed by atoms with van der Waals surface area (Å²) in [5.41, 5.74) is 3.79. The molecular weight excluding hydrogens is 406 g/mol. The molecular formula is C26H27NO5. The molecule has 4 rings (SSSR count). The molecule has 3 unspecified atom stereocenters. The zero-order chi connectivity index (χ0) is 22.8. The van der Waals surface area contributed by atoms with Crippen LogP contribution in [0.4, 0.5) is 0 Å². The maximum absolute atomic E-state index is 13.5. The first-order chi connectivity index (χ1) is 15.5. The summed E-state index contributed by atoms with van der Waals surface area (Å²) >= 11 is 0. The van der Waals surface area contributed by atoms with Crippen LogP contribution in [0.2, 0.25) is 0 Å². The lowest BCUT2D eigenvalue weighted by molar-refractivity contribution is -0.144. The highest BCUT2D eigenvalue weighted by molar-refractivity contribution is 6.01. The summed E-state index contributed by atoms with van der Waals surface area (Å²) in [5.74, 6) is -0.245. The fourth-order valence-corrected chi connectivity index (χ4v) is 4.82. The molecule has 3 atom stereocenters. The molecule has 2 aromatic carbocycles. The maximum atomic E-state index is 13.5. The van der Waals surface area contributed by atoms with E-state index in [1.165, 1.54) is 7.11 Å². The quantitative estimate of drug-likeness (QED) is 0.716. The highest BCUT2D eigenvalue weighted by Gasteiger charge is 2.46. The van der Waals surface area contributed by atoms with Crippen molar-refractivity contribution in [2.24, 2.45) is 5.92 Å². The molecule has 0 radical (unpaired) electrons. The topological polar surface area (TPSA) is 73.9 Å². The Morgan fingerprint density at radius 1 is 1.00 bits per heavy atom. The number of rotatable bonds is 5. The molecule has 0 fully saturated rings. The largest absolute Gasteiger partial charge is 0.497 e. The van der Waals surface area contributed by atoms with Gasteiger partial charge in [-0.3, -0.25) is 9.59 Å². The van der Waals surface area contributed by atoms with Gasteiger partial charge in [0.15, 0.2) is 5.78 Å². The molecule has 1 aliphatic heterocycles. The average molecular weight is 434 g/mol. The third-order valence-corrected chi connectivity index (χ3v) is 6.36. The minimum absolute atomic E-state index is 0.0110. The number of ether oxygens (including phenoxy) is 3. The zero-order valence-electron chi connectivity index (χ0n) is 18.5. The molecule has 6 nitrogen and oxygen atoms in total. The Morgan fingerprint density at radius 3 is 2.38 bits per heavy atom. The molecule has 0 bridgehead atoms. The van der Waals surface area contributed by atoms with Gasteiger partial charge in [-0.25, -0.2) is 0 Å². The van der Waals surface area contributed by atoms with E-state index in [0.717, 1.165) is 22.6 Å². The Hall–Kier alpha value is -3.54. The molecule has 0 saturated heterocycles. The number of benzene rings is 2. The molecule has 0 saturated carbocycles. The molecule has 1 aliphatic carbocycles. The number of ketones is 1. The highest BCUT2D eigenvalue weighted by Crippen LogP contribution is 2.49. The zero-order valence-corrected chi connectivity index (χ0v) is 18.5. The summed E-state index contributed by atoms with van der Waals surface area (Å²) in [5, 5.41) is 3.27. The number of para-hydroxylation sites is 1. The lowest BCUT2D eigenvalue weighted by atomic mass is 9.69. The smallest absolute Gasteiger partial charge is 0.315 e. The molecule has 1 heterocycles. The van der Waals surface area contributed by atoms with E-state index in [2.05, 4.69) is 11.9 Å². The molecule has 6 heteroatoms. The van der Waals surface area contributed by atoms with Gasteiger partial charge in [0.1, 0.15) is 17.4 Å². The van der Waals surface area contributed by atoms with Crippen LogP contribution in [0.1, 0.15) is 35.8 Å². The normalized spacial score (nSPS) is 22.7. The van der Waals surface area contributed by atoms with Crippen LogP contribution in [-0.2, 0) is 14.3 Å². The van der Waals surface area contributed by atoms with Crippen LogP contribution >= 0.6 is 0 Å². The van der Waals surface area contributed by atoms with Crippen molar-refractivity contribution in [1.82, 2.24) is 5.32 Å². The minimum Gasteiger partial charge on any atom is -0.497 e. The SMILES string of the molecule is C=C1NC2=C(C(=O)CC(c3ccc(OC)cc3)C2)C(c2ccccc2OC)C1C(=O)OC. The monoisotopic (exact) mass is 433 g/mol. The molecule has 2 aromatic rings. The van der Waals surface area contributed by atoms with E-state index in [9.17, 15) is 9.59 Å². The van der Waals surface area contributed by atoms with E-state index < -0.39 is 17.8 Å². The van der Waals surface area contributed by atoms with Gasteiger partial charge in [0.05, 0.1) is 21.3 Å². The predicted octanol–water partition coefficient (Wildman–Crippen LogP) is 4.09. The number of allylic oxidation sites excluding steroid dienone is 2. The number of nitrogens with one attached hydrogen (secondary N) is 1. The van der Waals surface area contributed by atoms with Crippen molar-refractivity contribution in [3.05, 3.63) is 83.2 Å². The molecule has 0 aromatic heterocycles. The summed E-state index contributed by atoms with van der Waals surface area (Å²) in [7, 11) is 4.56. The Balaban J connectivity index is 1.80. The second-order valence-electron chi connectivity index (χ2n) is 8.06. The second kappa shape index (κ2) is 8.91. The Kier molecular flexibility index (Phi) is 6.04. The minimum atomic E-state index is -0.725. The number of hydrogen-bond acceptors (Lipinski definition) is 6. The van der Waals surface area contributed by atoms with Gasteiger partial charge in [0, 0.05) is 34.9 Å². The number of hydrogen-bond donors (Lipinski definition) is 1. The lowest BCUT2D eigenvalue weighted by Crippen LogP contribution is -2.42. The highest BCUT2D eigenvalue weighted by atomic mass is 16.5. The van der Waals surface area contributed by atoms with Gasteiger partial charge in [-0.2, -0.15) is 0 Å². The second-order valence-corrected chi connectivity index (χ2v) is 8.06. The number of carbonyl (C=O) groups is 2. The van der Waals surface area contributed by atoms with Crippen molar-refractivity contribution in [2.45, 2.75) is 24.7 Å². The summed E-state index contributed by atoms with van der Waals surface area (Å²) in [6.07, 6.45) is 1.00. The van der Waals surface area contributed by atoms with Crippen LogP contribution in [-0.4, -0.2) is 33.1 Å². The molecule has 166 valence electrons. The van der Waals surface area contributed by atoms with Crippen LogP contribution in [0.25, 0.3) is 0 Å². The van der Waals surface area contributed by atoms with Crippen molar-refractivity contribution >= 4 is 11.8 Å². The van der Waals surface area contributed by atoms with Gasteiger partial charge >= 0.3 is 5.97 Å². The van der Waals surface area contributed by atoms with E-state index in [-0.39, 0.29) is 11.7 Å². The number of carbonyl (C=O) groups excluding carboxylic acids is 2. The fourth-order valence-electron chi connectivity index (χ4n) is 4.82. The Morgan fingerprint density at radius 2 is 1.72 bits per heavy atom. The lowest BCUT2D eigenvalue weighted by Gasteiger charge is -2.40. The number of methoxy groups -OCH3 is 3. The van der Waals surface area contributed by atoms with Gasteiger partial charge in [-0.1, -0.05) is 36.9 Å². The first kappa shape index (κ1) is 21.7. The molecule has 0 spiro atoms. The summed E-state index contributed by atoms with van der Waals surface area (Å²) < 4.78 is 15.9. The van der Waals surface area contributed by atoms with Gasteiger partial charge in [-0.05, 0) is 36.1 Å². The third-order valence-electron chi connectivity index (χ3n) is 6.36. The summed E-state index contributed by atoms with van der Waals surface area (Å²) in [6, 6.07) is 15.3. The van der Waals surface area contributed by atoms with Crippen molar-refractivity contribution < 1.29 is 23.8 Å². The van der Waals surface area contributed by atoms with Gasteiger partial charge in [-0.15, -0.1) is 0 Å². The number of Topliss-reactive ketones (excluding diaryl/α,β-unsaturated/α-hetero) is 1. The fraction of sp³-hybridized carbons (Fsp3) is 0.308. The van der Waals surface area contributed by atoms with Gasteiger partial charge in [0.2, 0.25) is 0 Å². The van der Waals surface area contributed by atoms with Crippen LogP contribution in [0.5, 0.6) is 11.5 Å².